The molecular weight excluding hydrogens is 340 g/mol. The highest BCUT2D eigenvalue weighted by Crippen LogP contribution is 2.35. The summed E-state index contributed by atoms with van der Waals surface area (Å²) in [4.78, 5) is 27.5. The SMILES string of the molecule is CCc1ccc(CN2C(=O)c3ccccc3[C@H]2C(=O)NCCCOC)cc1. The monoisotopic (exact) mass is 366 g/mol. The number of methoxy groups -OCH3 is 1. The molecule has 0 aliphatic carbocycles. The summed E-state index contributed by atoms with van der Waals surface area (Å²) in [5, 5.41) is 2.94. The van der Waals surface area contributed by atoms with Gasteiger partial charge in [-0.3, -0.25) is 9.59 Å². The van der Waals surface area contributed by atoms with Gasteiger partial charge in [0.25, 0.3) is 5.91 Å². The maximum absolute atomic E-state index is 12.9. The Balaban J connectivity index is 1.81. The molecule has 0 unspecified atom stereocenters. The lowest BCUT2D eigenvalue weighted by molar-refractivity contribution is -0.125. The first kappa shape index (κ1) is 19.1. The number of nitrogens with one attached hydrogen (secondary N) is 1. The first-order valence-corrected chi connectivity index (χ1v) is 9.40. The lowest BCUT2D eigenvalue weighted by atomic mass is 10.0. The van der Waals surface area contributed by atoms with Crippen molar-refractivity contribution in [2.75, 3.05) is 20.3 Å². The molecule has 1 N–H and O–H groups in total. The summed E-state index contributed by atoms with van der Waals surface area (Å²) in [6, 6.07) is 15.0. The largest absolute Gasteiger partial charge is 0.385 e. The molecule has 2 aromatic carbocycles. The summed E-state index contributed by atoms with van der Waals surface area (Å²) >= 11 is 0. The average molecular weight is 366 g/mol. The van der Waals surface area contributed by atoms with Crippen LogP contribution in [0.1, 0.15) is 46.4 Å². The molecule has 2 aromatic rings. The van der Waals surface area contributed by atoms with Crippen LogP contribution in [-0.2, 0) is 22.5 Å². The zero-order valence-corrected chi connectivity index (χ0v) is 15.9. The fraction of sp³-hybridized carbons (Fsp3) is 0.364. The van der Waals surface area contributed by atoms with Gasteiger partial charge in [-0.1, -0.05) is 49.4 Å². The Morgan fingerprint density at radius 1 is 1.11 bits per heavy atom. The summed E-state index contributed by atoms with van der Waals surface area (Å²) in [6.45, 7) is 3.64. The van der Waals surface area contributed by atoms with Crippen molar-refractivity contribution in [1.29, 1.82) is 0 Å². The van der Waals surface area contributed by atoms with E-state index in [4.69, 9.17) is 4.74 Å². The van der Waals surface area contributed by atoms with Crippen LogP contribution in [0.4, 0.5) is 0 Å². The molecule has 5 heteroatoms. The number of fused-ring (bicyclic) bond motifs is 1. The molecule has 0 saturated heterocycles. The summed E-state index contributed by atoms with van der Waals surface area (Å²) in [5.74, 6) is -0.239. The van der Waals surface area contributed by atoms with Gasteiger partial charge in [-0.2, -0.15) is 0 Å². The molecule has 142 valence electrons. The second-order valence-corrected chi connectivity index (χ2v) is 6.73. The Bertz CT molecular complexity index is 801. The predicted octanol–water partition coefficient (Wildman–Crippen LogP) is 3.10. The van der Waals surface area contributed by atoms with Gasteiger partial charge in [0.2, 0.25) is 5.91 Å². The third-order valence-corrected chi connectivity index (χ3v) is 4.92. The molecule has 3 rings (SSSR count). The van der Waals surface area contributed by atoms with Gasteiger partial charge >= 0.3 is 0 Å². The number of rotatable bonds is 8. The molecule has 1 aliphatic rings. The van der Waals surface area contributed by atoms with E-state index >= 15 is 0 Å². The molecule has 0 spiro atoms. The Hall–Kier alpha value is -2.66. The van der Waals surface area contributed by atoms with Crippen molar-refractivity contribution in [3.05, 3.63) is 70.8 Å². The molecule has 1 atom stereocenters. The summed E-state index contributed by atoms with van der Waals surface area (Å²) in [5.41, 5.74) is 3.66. The number of hydrogen-bond acceptors (Lipinski definition) is 3. The van der Waals surface area contributed by atoms with E-state index in [0.717, 1.165) is 24.0 Å². The number of hydrogen-bond donors (Lipinski definition) is 1. The molecule has 1 aliphatic heterocycles. The molecule has 5 nitrogen and oxygen atoms in total. The number of carbonyl (C=O) groups excluding carboxylic acids is 2. The molecule has 0 aromatic heterocycles. The van der Waals surface area contributed by atoms with Crippen LogP contribution < -0.4 is 5.32 Å². The van der Waals surface area contributed by atoms with E-state index in [1.54, 1.807) is 18.1 Å². The topological polar surface area (TPSA) is 58.6 Å². The summed E-state index contributed by atoms with van der Waals surface area (Å²) in [7, 11) is 1.64. The van der Waals surface area contributed by atoms with Gasteiger partial charge in [-0.25, -0.2) is 0 Å². The van der Waals surface area contributed by atoms with E-state index in [2.05, 4.69) is 24.4 Å². The molecule has 27 heavy (non-hydrogen) atoms. The normalized spacial score (nSPS) is 15.7. The van der Waals surface area contributed by atoms with Crippen LogP contribution in [0, 0.1) is 0 Å². The van der Waals surface area contributed by atoms with Crippen LogP contribution in [0.2, 0.25) is 0 Å². The van der Waals surface area contributed by atoms with Gasteiger partial charge in [0.15, 0.2) is 0 Å². The van der Waals surface area contributed by atoms with Crippen LogP contribution in [0.5, 0.6) is 0 Å². The molecule has 0 radical (unpaired) electrons. The number of aryl methyl sites for hydroxylation is 1. The van der Waals surface area contributed by atoms with Crippen molar-refractivity contribution < 1.29 is 14.3 Å². The van der Waals surface area contributed by atoms with Crippen molar-refractivity contribution in [3.63, 3.8) is 0 Å². The smallest absolute Gasteiger partial charge is 0.255 e. The van der Waals surface area contributed by atoms with Crippen molar-refractivity contribution in [1.82, 2.24) is 10.2 Å². The number of carbonyl (C=O) groups is 2. The Labute approximate surface area is 160 Å². The zero-order chi connectivity index (χ0) is 19.2. The van der Waals surface area contributed by atoms with Gasteiger partial charge in [-0.05, 0) is 35.6 Å². The van der Waals surface area contributed by atoms with E-state index in [1.807, 2.05) is 30.3 Å². The van der Waals surface area contributed by atoms with Crippen molar-refractivity contribution in [2.45, 2.75) is 32.4 Å². The summed E-state index contributed by atoms with van der Waals surface area (Å²) < 4.78 is 5.03. The molecule has 0 bridgehead atoms. The minimum absolute atomic E-state index is 0.0952. The highest BCUT2D eigenvalue weighted by atomic mass is 16.5. The van der Waals surface area contributed by atoms with Gasteiger partial charge in [0.1, 0.15) is 6.04 Å². The first-order chi connectivity index (χ1) is 13.2. The minimum atomic E-state index is -0.595. The molecule has 0 fully saturated rings. The Morgan fingerprint density at radius 3 is 2.52 bits per heavy atom. The number of ether oxygens (including phenoxy) is 1. The number of benzene rings is 2. The molecule has 1 heterocycles. The lowest BCUT2D eigenvalue weighted by Gasteiger charge is -2.25. The van der Waals surface area contributed by atoms with Crippen molar-refractivity contribution >= 4 is 11.8 Å². The average Bonchev–Trinajstić information content (AvgIpc) is 2.98. The maximum Gasteiger partial charge on any atom is 0.255 e. The molecule has 0 saturated carbocycles. The predicted molar refractivity (Wildman–Crippen MR) is 104 cm³/mol. The maximum atomic E-state index is 12.9. The van der Waals surface area contributed by atoms with Gasteiger partial charge < -0.3 is 15.0 Å². The Kier molecular flexibility index (Phi) is 6.24. The van der Waals surface area contributed by atoms with Crippen LogP contribution in [0.15, 0.2) is 48.5 Å². The van der Waals surface area contributed by atoms with Crippen LogP contribution in [0.3, 0.4) is 0 Å². The lowest BCUT2D eigenvalue weighted by Crippen LogP contribution is -2.39. The second-order valence-electron chi connectivity index (χ2n) is 6.73. The van der Waals surface area contributed by atoms with Gasteiger partial charge in [-0.15, -0.1) is 0 Å². The minimum Gasteiger partial charge on any atom is -0.385 e. The molecule has 2 amide bonds. The third kappa shape index (κ3) is 4.19. The fourth-order valence-corrected chi connectivity index (χ4v) is 3.42. The van der Waals surface area contributed by atoms with Gasteiger partial charge in [0.05, 0.1) is 0 Å². The molecular formula is C22H26N2O3. The second kappa shape index (κ2) is 8.82. The zero-order valence-electron chi connectivity index (χ0n) is 15.9. The van der Waals surface area contributed by atoms with Crippen LogP contribution in [0.25, 0.3) is 0 Å². The van der Waals surface area contributed by atoms with Gasteiger partial charge in [0, 0.05) is 32.4 Å². The Morgan fingerprint density at radius 2 is 1.81 bits per heavy atom. The van der Waals surface area contributed by atoms with Crippen molar-refractivity contribution in [2.24, 2.45) is 0 Å². The van der Waals surface area contributed by atoms with E-state index < -0.39 is 6.04 Å². The quantitative estimate of drug-likeness (QED) is 0.731. The highest BCUT2D eigenvalue weighted by molar-refractivity contribution is 6.04. The van der Waals surface area contributed by atoms with E-state index in [9.17, 15) is 9.59 Å². The van der Waals surface area contributed by atoms with E-state index in [-0.39, 0.29) is 11.8 Å². The summed E-state index contributed by atoms with van der Waals surface area (Å²) in [6.07, 6.45) is 1.71. The highest BCUT2D eigenvalue weighted by Gasteiger charge is 2.40. The third-order valence-electron chi connectivity index (χ3n) is 4.92. The van der Waals surface area contributed by atoms with E-state index in [0.29, 0.717) is 25.3 Å². The number of nitrogens with zero attached hydrogens (tertiary/aromatic N) is 1. The van der Waals surface area contributed by atoms with Crippen LogP contribution >= 0.6 is 0 Å². The van der Waals surface area contributed by atoms with Crippen LogP contribution in [-0.4, -0.2) is 37.0 Å². The standard InChI is InChI=1S/C22H26N2O3/c1-3-16-9-11-17(12-10-16)15-24-20(21(25)23-13-6-14-27-2)18-7-4-5-8-19(18)22(24)26/h4-5,7-12,20H,3,6,13-15H2,1-2H3,(H,23,25)/t20-/m0/s1. The van der Waals surface area contributed by atoms with E-state index in [1.165, 1.54) is 5.56 Å². The fourth-order valence-electron chi connectivity index (χ4n) is 3.42. The first-order valence-electron chi connectivity index (χ1n) is 9.40. The number of amides is 2. The van der Waals surface area contributed by atoms with Crippen molar-refractivity contribution in [3.8, 4) is 0 Å².